The zero-order chi connectivity index (χ0) is 18.5. The SMILES string of the molecule is CCCCCCCCCCCCC(CCCS(=O)(=O)[O-])[P+](C)(C)C. The maximum atomic E-state index is 10.8. The molecule has 0 spiro atoms. The molecule has 0 N–H and O–H groups in total. The molecular weight excluding hydrogens is 339 g/mol. The van der Waals surface area contributed by atoms with Crippen LogP contribution in [0.1, 0.15) is 90.4 Å². The van der Waals surface area contributed by atoms with Crippen molar-refractivity contribution < 1.29 is 13.0 Å². The van der Waals surface area contributed by atoms with E-state index in [1.54, 1.807) is 0 Å². The molecule has 0 amide bonds. The monoisotopic (exact) mass is 380 g/mol. The van der Waals surface area contributed by atoms with Crippen LogP contribution in [0.5, 0.6) is 0 Å². The minimum atomic E-state index is -4.05. The van der Waals surface area contributed by atoms with Gasteiger partial charge in [0, 0.05) is 33.0 Å². The molecule has 1 unspecified atom stereocenters. The van der Waals surface area contributed by atoms with Crippen molar-refractivity contribution in [2.45, 2.75) is 96.1 Å². The lowest BCUT2D eigenvalue weighted by atomic mass is 10.0. The summed E-state index contributed by atoms with van der Waals surface area (Å²) in [5.41, 5.74) is 0.619. The lowest BCUT2D eigenvalue weighted by molar-refractivity contribution is 0.459. The van der Waals surface area contributed by atoms with Gasteiger partial charge in [0.25, 0.3) is 0 Å². The number of rotatable bonds is 16. The van der Waals surface area contributed by atoms with Gasteiger partial charge in [0.2, 0.25) is 0 Å². The second-order valence-corrected chi connectivity index (χ2v) is 14.6. The minimum absolute atomic E-state index is 0.193. The van der Waals surface area contributed by atoms with E-state index in [1.807, 2.05) is 0 Å². The topological polar surface area (TPSA) is 57.2 Å². The smallest absolute Gasteiger partial charge is 0.0945 e. The van der Waals surface area contributed by atoms with Gasteiger partial charge in [-0.25, -0.2) is 8.42 Å². The molecule has 0 aliphatic heterocycles. The van der Waals surface area contributed by atoms with Gasteiger partial charge in [-0.1, -0.05) is 64.7 Å². The van der Waals surface area contributed by atoms with Gasteiger partial charge in [-0.15, -0.1) is 0 Å². The van der Waals surface area contributed by atoms with Gasteiger partial charge in [-0.2, -0.15) is 0 Å². The van der Waals surface area contributed by atoms with E-state index in [2.05, 4.69) is 26.9 Å². The van der Waals surface area contributed by atoms with E-state index in [0.717, 1.165) is 6.42 Å². The standard InChI is InChI=1S/C19H41O3PS/c1-5-6-7-8-9-10-11-12-13-14-16-19(23(2,3)4)17-15-18-24(20,21)22/h19H,5-18H2,1-4H3. The van der Waals surface area contributed by atoms with Gasteiger partial charge in [0.15, 0.2) is 0 Å². The molecule has 24 heavy (non-hydrogen) atoms. The van der Waals surface area contributed by atoms with Crippen LogP contribution in [-0.4, -0.2) is 44.4 Å². The van der Waals surface area contributed by atoms with Gasteiger partial charge in [0.05, 0.1) is 15.8 Å². The Bertz CT molecular complexity index is 388. The first kappa shape index (κ1) is 24.3. The average Bonchev–Trinajstić information content (AvgIpc) is 2.45. The molecule has 0 fully saturated rings. The number of hydrogen-bond donors (Lipinski definition) is 0. The number of unbranched alkanes of at least 4 members (excludes halogenated alkanes) is 9. The second kappa shape index (κ2) is 13.5. The predicted octanol–water partition coefficient (Wildman–Crippen LogP) is 5.90. The normalized spacial score (nSPS) is 14.0. The second-order valence-electron chi connectivity index (χ2n) is 8.14. The third-order valence-corrected chi connectivity index (χ3v) is 8.41. The highest BCUT2D eigenvalue weighted by atomic mass is 32.2. The summed E-state index contributed by atoms with van der Waals surface area (Å²) in [6.07, 6.45) is 16.1. The van der Waals surface area contributed by atoms with E-state index >= 15 is 0 Å². The molecule has 0 saturated carbocycles. The van der Waals surface area contributed by atoms with Crippen molar-refractivity contribution in [2.24, 2.45) is 0 Å². The van der Waals surface area contributed by atoms with E-state index in [4.69, 9.17) is 0 Å². The van der Waals surface area contributed by atoms with Crippen molar-refractivity contribution in [3.63, 3.8) is 0 Å². The lowest BCUT2D eigenvalue weighted by Gasteiger charge is -2.25. The zero-order valence-corrected chi connectivity index (χ0v) is 18.3. The Labute approximate surface area is 152 Å². The molecule has 0 radical (unpaired) electrons. The Hall–Kier alpha value is 0.340. The minimum Gasteiger partial charge on any atom is -0.748 e. The predicted molar refractivity (Wildman–Crippen MR) is 109 cm³/mol. The lowest BCUT2D eigenvalue weighted by Crippen LogP contribution is -2.14. The summed E-state index contributed by atoms with van der Waals surface area (Å²) in [5.74, 6) is -0.193. The quantitative estimate of drug-likeness (QED) is 0.190. The number of hydrogen-bond acceptors (Lipinski definition) is 3. The van der Waals surface area contributed by atoms with E-state index in [1.165, 1.54) is 70.6 Å². The fraction of sp³-hybridized carbons (Fsp3) is 1.00. The Balaban J connectivity index is 3.76. The fourth-order valence-corrected chi connectivity index (χ4v) is 5.72. The van der Waals surface area contributed by atoms with Crippen LogP contribution in [0.25, 0.3) is 0 Å². The van der Waals surface area contributed by atoms with Crippen LogP contribution in [0.2, 0.25) is 0 Å². The molecular formula is C19H41O3PS. The Morgan fingerprint density at radius 2 is 1.17 bits per heavy atom. The van der Waals surface area contributed by atoms with E-state index in [9.17, 15) is 13.0 Å². The molecule has 0 aliphatic rings. The van der Waals surface area contributed by atoms with Crippen molar-refractivity contribution in [1.82, 2.24) is 0 Å². The van der Waals surface area contributed by atoms with Crippen LogP contribution in [0.4, 0.5) is 0 Å². The summed E-state index contributed by atoms with van der Waals surface area (Å²) in [4.78, 5) is 0. The summed E-state index contributed by atoms with van der Waals surface area (Å²) < 4.78 is 32.3. The molecule has 0 heterocycles. The molecule has 0 aromatic heterocycles. The van der Waals surface area contributed by atoms with Gasteiger partial charge >= 0.3 is 0 Å². The maximum Gasteiger partial charge on any atom is 0.0945 e. The van der Waals surface area contributed by atoms with E-state index in [0.29, 0.717) is 12.1 Å². The van der Waals surface area contributed by atoms with Gasteiger partial charge in [-0.3, -0.25) is 0 Å². The van der Waals surface area contributed by atoms with Crippen LogP contribution in [0, 0.1) is 0 Å². The summed E-state index contributed by atoms with van der Waals surface area (Å²) >= 11 is 0. The Kier molecular flexibility index (Phi) is 13.7. The van der Waals surface area contributed by atoms with Gasteiger partial charge in [0.1, 0.15) is 0 Å². The van der Waals surface area contributed by atoms with Crippen LogP contribution < -0.4 is 0 Å². The van der Waals surface area contributed by atoms with Crippen molar-refractivity contribution in [3.8, 4) is 0 Å². The zero-order valence-electron chi connectivity index (χ0n) is 16.6. The summed E-state index contributed by atoms with van der Waals surface area (Å²) in [5, 5.41) is 0. The summed E-state index contributed by atoms with van der Waals surface area (Å²) in [6.45, 7) is 9.26. The van der Waals surface area contributed by atoms with Gasteiger partial charge in [-0.05, 0) is 25.7 Å². The van der Waals surface area contributed by atoms with E-state index < -0.39 is 17.4 Å². The van der Waals surface area contributed by atoms with Crippen molar-refractivity contribution in [3.05, 3.63) is 0 Å². The first-order valence-corrected chi connectivity index (χ1v) is 14.7. The Morgan fingerprint density at radius 1 is 0.750 bits per heavy atom. The molecule has 0 aliphatic carbocycles. The molecule has 0 aromatic carbocycles. The largest absolute Gasteiger partial charge is 0.748 e. The Morgan fingerprint density at radius 3 is 1.58 bits per heavy atom. The maximum absolute atomic E-state index is 10.8. The molecule has 1 atom stereocenters. The fourth-order valence-electron chi connectivity index (χ4n) is 3.28. The molecule has 3 nitrogen and oxygen atoms in total. The molecule has 0 saturated heterocycles. The average molecular weight is 381 g/mol. The highest BCUT2D eigenvalue weighted by Gasteiger charge is 2.30. The van der Waals surface area contributed by atoms with Crippen LogP contribution in [-0.2, 0) is 10.1 Å². The van der Waals surface area contributed by atoms with E-state index in [-0.39, 0.29) is 5.75 Å². The third kappa shape index (κ3) is 15.8. The van der Waals surface area contributed by atoms with Crippen LogP contribution in [0.3, 0.4) is 0 Å². The third-order valence-electron chi connectivity index (χ3n) is 4.92. The first-order valence-electron chi connectivity index (χ1n) is 9.91. The molecule has 0 aromatic rings. The highest BCUT2D eigenvalue weighted by Crippen LogP contribution is 2.55. The highest BCUT2D eigenvalue weighted by molar-refractivity contribution is 7.85. The van der Waals surface area contributed by atoms with Crippen molar-refractivity contribution >= 4 is 17.4 Å². The van der Waals surface area contributed by atoms with Crippen LogP contribution in [0.15, 0.2) is 0 Å². The van der Waals surface area contributed by atoms with Crippen molar-refractivity contribution in [2.75, 3.05) is 25.7 Å². The van der Waals surface area contributed by atoms with Crippen LogP contribution >= 0.6 is 7.26 Å². The van der Waals surface area contributed by atoms with Crippen molar-refractivity contribution in [1.29, 1.82) is 0 Å². The molecule has 0 rings (SSSR count). The molecule has 146 valence electrons. The summed E-state index contributed by atoms with van der Waals surface area (Å²) in [7, 11) is -5.03. The molecule has 5 heteroatoms. The first-order chi connectivity index (χ1) is 11.2. The van der Waals surface area contributed by atoms with Gasteiger partial charge < -0.3 is 4.55 Å². The molecule has 0 bridgehead atoms. The summed E-state index contributed by atoms with van der Waals surface area (Å²) in [6, 6.07) is 0.